The molecule has 112 valence electrons. The third-order valence-electron chi connectivity index (χ3n) is 4.19. The summed E-state index contributed by atoms with van der Waals surface area (Å²) in [5.41, 5.74) is 0. The lowest BCUT2D eigenvalue weighted by Crippen LogP contribution is -2.44. The van der Waals surface area contributed by atoms with E-state index in [0.717, 1.165) is 38.9 Å². The molecule has 0 saturated carbocycles. The Kier molecular flexibility index (Phi) is 7.18. The quantitative estimate of drug-likeness (QED) is 0.623. The van der Waals surface area contributed by atoms with Crippen molar-refractivity contribution in [2.24, 2.45) is 0 Å². The van der Waals surface area contributed by atoms with Crippen LogP contribution in [0.3, 0.4) is 0 Å². The van der Waals surface area contributed by atoms with E-state index in [2.05, 4.69) is 6.92 Å². The van der Waals surface area contributed by atoms with Crippen LogP contribution in [0.1, 0.15) is 71.1 Å². The molecule has 2 heterocycles. The van der Waals surface area contributed by atoms with Crippen LogP contribution < -0.4 is 0 Å². The van der Waals surface area contributed by atoms with Gasteiger partial charge in [0.2, 0.25) is 0 Å². The van der Waals surface area contributed by atoms with E-state index in [1.54, 1.807) is 0 Å². The number of hydrogen-bond acceptors (Lipinski definition) is 3. The van der Waals surface area contributed by atoms with Gasteiger partial charge in [0.1, 0.15) is 0 Å². The molecule has 0 aromatic carbocycles. The number of unbranched alkanes of at least 4 members (excludes halogenated alkanes) is 5. The van der Waals surface area contributed by atoms with Gasteiger partial charge >= 0.3 is 0 Å². The average Bonchev–Trinajstić information content (AvgIpc) is 2.46. The van der Waals surface area contributed by atoms with E-state index in [9.17, 15) is 0 Å². The standard InChI is InChI=1S/C16H30O3/c1-2-3-4-5-6-7-12-18-16-11-10-14-15(19-16)9-8-13-17-14/h14-16H,2-13H2,1H3/t14-,15+,16?/m0/s1. The molecule has 0 N–H and O–H groups in total. The fraction of sp³-hybridized carbons (Fsp3) is 1.00. The second kappa shape index (κ2) is 8.93. The highest BCUT2D eigenvalue weighted by atomic mass is 16.7. The van der Waals surface area contributed by atoms with Crippen molar-refractivity contribution in [2.45, 2.75) is 89.6 Å². The second-order valence-electron chi connectivity index (χ2n) is 5.87. The Morgan fingerprint density at radius 3 is 2.68 bits per heavy atom. The summed E-state index contributed by atoms with van der Waals surface area (Å²) < 4.78 is 17.6. The van der Waals surface area contributed by atoms with E-state index >= 15 is 0 Å². The highest BCUT2D eigenvalue weighted by Gasteiger charge is 2.34. The topological polar surface area (TPSA) is 27.7 Å². The summed E-state index contributed by atoms with van der Waals surface area (Å²) in [4.78, 5) is 0. The van der Waals surface area contributed by atoms with E-state index < -0.39 is 0 Å². The largest absolute Gasteiger partial charge is 0.376 e. The Morgan fingerprint density at radius 1 is 0.947 bits per heavy atom. The molecule has 0 spiro atoms. The van der Waals surface area contributed by atoms with Gasteiger partial charge in [0.05, 0.1) is 12.2 Å². The first-order valence-electron chi connectivity index (χ1n) is 8.29. The third-order valence-corrected chi connectivity index (χ3v) is 4.19. The van der Waals surface area contributed by atoms with E-state index in [-0.39, 0.29) is 12.4 Å². The Labute approximate surface area is 118 Å². The highest BCUT2D eigenvalue weighted by Crippen LogP contribution is 2.29. The van der Waals surface area contributed by atoms with Gasteiger partial charge in [-0.15, -0.1) is 0 Å². The molecule has 2 saturated heterocycles. The molecule has 3 atom stereocenters. The molecule has 2 rings (SSSR count). The van der Waals surface area contributed by atoms with Crippen molar-refractivity contribution >= 4 is 0 Å². The van der Waals surface area contributed by atoms with E-state index in [4.69, 9.17) is 14.2 Å². The monoisotopic (exact) mass is 270 g/mol. The summed E-state index contributed by atoms with van der Waals surface area (Å²) in [6.45, 7) is 4.02. The Bertz CT molecular complexity index is 232. The zero-order valence-electron chi connectivity index (χ0n) is 12.4. The van der Waals surface area contributed by atoms with Crippen LogP contribution in [0.2, 0.25) is 0 Å². The van der Waals surface area contributed by atoms with Crippen LogP contribution in [-0.2, 0) is 14.2 Å². The van der Waals surface area contributed by atoms with Crippen LogP contribution in [0.25, 0.3) is 0 Å². The normalized spacial score (nSPS) is 31.1. The molecule has 3 heteroatoms. The maximum absolute atomic E-state index is 5.99. The smallest absolute Gasteiger partial charge is 0.158 e. The Morgan fingerprint density at radius 2 is 1.79 bits per heavy atom. The highest BCUT2D eigenvalue weighted by molar-refractivity contribution is 4.80. The molecule has 0 amide bonds. The molecule has 19 heavy (non-hydrogen) atoms. The van der Waals surface area contributed by atoms with Crippen LogP contribution in [-0.4, -0.2) is 31.7 Å². The van der Waals surface area contributed by atoms with Crippen molar-refractivity contribution < 1.29 is 14.2 Å². The zero-order valence-corrected chi connectivity index (χ0v) is 12.4. The number of hydrogen-bond donors (Lipinski definition) is 0. The van der Waals surface area contributed by atoms with Crippen LogP contribution >= 0.6 is 0 Å². The molecule has 0 aliphatic carbocycles. The van der Waals surface area contributed by atoms with Gasteiger partial charge in [-0.2, -0.15) is 0 Å². The van der Waals surface area contributed by atoms with Crippen LogP contribution in [0, 0.1) is 0 Å². The summed E-state index contributed by atoms with van der Waals surface area (Å²) in [5.74, 6) is 0. The summed E-state index contributed by atoms with van der Waals surface area (Å²) in [7, 11) is 0. The van der Waals surface area contributed by atoms with Crippen molar-refractivity contribution in [3.63, 3.8) is 0 Å². The second-order valence-corrected chi connectivity index (χ2v) is 5.87. The predicted molar refractivity (Wildman–Crippen MR) is 76.2 cm³/mol. The minimum Gasteiger partial charge on any atom is -0.376 e. The third kappa shape index (κ3) is 5.41. The minimum atomic E-state index is 0.0265. The summed E-state index contributed by atoms with van der Waals surface area (Å²) in [5, 5.41) is 0. The van der Waals surface area contributed by atoms with Gasteiger partial charge in [-0.25, -0.2) is 0 Å². The lowest BCUT2D eigenvalue weighted by molar-refractivity contribution is -0.242. The van der Waals surface area contributed by atoms with Gasteiger partial charge in [-0.05, 0) is 25.7 Å². The summed E-state index contributed by atoms with van der Waals surface area (Å²) in [6, 6.07) is 0. The van der Waals surface area contributed by atoms with Crippen LogP contribution in [0.4, 0.5) is 0 Å². The van der Waals surface area contributed by atoms with E-state index in [1.807, 2.05) is 0 Å². The lowest BCUT2D eigenvalue weighted by Gasteiger charge is -2.39. The van der Waals surface area contributed by atoms with Crippen molar-refractivity contribution in [3.8, 4) is 0 Å². The SMILES string of the molecule is CCCCCCCCOC1CC[C@@H]2OCCC[C@H]2O1. The molecular weight excluding hydrogens is 240 g/mol. The fourth-order valence-corrected chi connectivity index (χ4v) is 3.02. The van der Waals surface area contributed by atoms with E-state index in [1.165, 1.54) is 38.5 Å². The molecule has 0 radical (unpaired) electrons. The first-order valence-corrected chi connectivity index (χ1v) is 8.29. The summed E-state index contributed by atoms with van der Waals surface area (Å²) in [6.07, 6.45) is 12.9. The molecule has 1 unspecified atom stereocenters. The average molecular weight is 270 g/mol. The molecule has 0 aromatic rings. The molecule has 2 aliphatic heterocycles. The molecule has 2 fully saturated rings. The van der Waals surface area contributed by atoms with Gasteiger partial charge in [-0.3, -0.25) is 0 Å². The first-order chi connectivity index (χ1) is 9.40. The van der Waals surface area contributed by atoms with Crippen LogP contribution in [0.15, 0.2) is 0 Å². The molecule has 2 aliphatic rings. The van der Waals surface area contributed by atoms with E-state index in [0.29, 0.717) is 6.10 Å². The van der Waals surface area contributed by atoms with Gasteiger partial charge in [0.25, 0.3) is 0 Å². The van der Waals surface area contributed by atoms with Gasteiger partial charge < -0.3 is 14.2 Å². The van der Waals surface area contributed by atoms with Gasteiger partial charge in [0, 0.05) is 19.6 Å². The number of ether oxygens (including phenoxy) is 3. The number of fused-ring (bicyclic) bond motifs is 1. The maximum Gasteiger partial charge on any atom is 0.158 e. The first kappa shape index (κ1) is 15.3. The van der Waals surface area contributed by atoms with Crippen molar-refractivity contribution in [3.05, 3.63) is 0 Å². The molecule has 0 aromatic heterocycles. The fourth-order valence-electron chi connectivity index (χ4n) is 3.02. The van der Waals surface area contributed by atoms with Crippen LogP contribution in [0.5, 0.6) is 0 Å². The Balaban J connectivity index is 1.50. The molecular formula is C16H30O3. The molecule has 3 nitrogen and oxygen atoms in total. The summed E-state index contributed by atoms with van der Waals surface area (Å²) >= 11 is 0. The van der Waals surface area contributed by atoms with Crippen molar-refractivity contribution in [2.75, 3.05) is 13.2 Å². The Hall–Kier alpha value is -0.120. The lowest BCUT2D eigenvalue weighted by atomic mass is 9.98. The zero-order chi connectivity index (χ0) is 13.3. The predicted octanol–water partition coefficient (Wildman–Crippen LogP) is 4.05. The number of rotatable bonds is 8. The van der Waals surface area contributed by atoms with Gasteiger partial charge in [-0.1, -0.05) is 39.0 Å². The minimum absolute atomic E-state index is 0.0265. The maximum atomic E-state index is 5.99. The van der Waals surface area contributed by atoms with Gasteiger partial charge in [0.15, 0.2) is 6.29 Å². The van der Waals surface area contributed by atoms with Crippen molar-refractivity contribution in [1.82, 2.24) is 0 Å². The molecule has 0 bridgehead atoms. The van der Waals surface area contributed by atoms with Crippen molar-refractivity contribution in [1.29, 1.82) is 0 Å².